The summed E-state index contributed by atoms with van der Waals surface area (Å²) in [7, 11) is 0. The molecular formula is C6H14FNO2. The van der Waals surface area contributed by atoms with E-state index in [4.69, 9.17) is 0 Å². The van der Waals surface area contributed by atoms with Crippen LogP contribution >= 0.6 is 0 Å². The molecule has 0 aliphatic carbocycles. The van der Waals surface area contributed by atoms with Gasteiger partial charge < -0.3 is 0 Å². The van der Waals surface area contributed by atoms with Gasteiger partial charge in [-0.3, -0.25) is 9.63 Å². The summed E-state index contributed by atoms with van der Waals surface area (Å²) in [4.78, 5) is 14.2. The van der Waals surface area contributed by atoms with Gasteiger partial charge in [0.25, 0.3) is 0 Å². The Hall–Kier alpha value is -0.640. The molecule has 0 spiro atoms. The van der Waals surface area contributed by atoms with Crippen LogP contribution in [-0.4, -0.2) is 19.2 Å². The Balaban J connectivity index is 0. The molecule has 1 N–H and O–H groups in total. The second-order valence-electron chi connectivity index (χ2n) is 1.20. The molecule has 62 valence electrons. The van der Waals surface area contributed by atoms with Crippen LogP contribution in [0.1, 0.15) is 20.8 Å². The standard InChI is InChI=1S/C4H8FNO2.C2H6/c1-4(7)6-8-3-2-5;1-2/h2-3H2,1H3,(H,6,7);1-2H3. The fourth-order valence-corrected chi connectivity index (χ4v) is 0.191. The number of hydrogen-bond donors (Lipinski definition) is 1. The minimum atomic E-state index is -0.583. The van der Waals surface area contributed by atoms with E-state index in [1.807, 2.05) is 19.3 Å². The van der Waals surface area contributed by atoms with Crippen LogP contribution in [0, 0.1) is 0 Å². The zero-order chi connectivity index (χ0) is 8.41. The molecule has 0 saturated carbocycles. The average molecular weight is 151 g/mol. The molecule has 10 heavy (non-hydrogen) atoms. The van der Waals surface area contributed by atoms with Crippen LogP contribution in [0.25, 0.3) is 0 Å². The molecule has 0 aromatic heterocycles. The molecule has 0 unspecified atom stereocenters. The molecule has 4 heteroatoms. The number of carbonyl (C=O) groups excluding carboxylic acids is 1. The Morgan fingerprint density at radius 3 is 2.40 bits per heavy atom. The first-order valence-corrected chi connectivity index (χ1v) is 3.21. The van der Waals surface area contributed by atoms with Gasteiger partial charge in [-0.25, -0.2) is 9.87 Å². The first kappa shape index (κ1) is 12.1. The Labute approximate surface area is 60.5 Å². The highest BCUT2D eigenvalue weighted by Crippen LogP contribution is 1.68. The SMILES string of the molecule is CC.CC(=O)NOCCF. The molecule has 0 rings (SSSR count). The molecule has 0 atom stereocenters. The highest BCUT2D eigenvalue weighted by molar-refractivity contribution is 5.71. The summed E-state index contributed by atoms with van der Waals surface area (Å²) >= 11 is 0. The first-order valence-electron chi connectivity index (χ1n) is 3.21. The maximum Gasteiger partial charge on any atom is 0.240 e. The Morgan fingerprint density at radius 1 is 1.60 bits per heavy atom. The lowest BCUT2D eigenvalue weighted by molar-refractivity contribution is -0.131. The van der Waals surface area contributed by atoms with Crippen molar-refractivity contribution in [3.63, 3.8) is 0 Å². The fraction of sp³-hybridized carbons (Fsp3) is 0.833. The van der Waals surface area contributed by atoms with Crippen LogP contribution in [0.2, 0.25) is 0 Å². The van der Waals surface area contributed by atoms with Crippen LogP contribution in [0.15, 0.2) is 0 Å². The van der Waals surface area contributed by atoms with Gasteiger partial charge in [0, 0.05) is 6.92 Å². The van der Waals surface area contributed by atoms with Gasteiger partial charge in [-0.2, -0.15) is 0 Å². The quantitative estimate of drug-likeness (QED) is 0.483. The molecule has 0 saturated heterocycles. The molecule has 0 aromatic rings. The number of rotatable bonds is 3. The summed E-state index contributed by atoms with van der Waals surface area (Å²) < 4.78 is 11.2. The van der Waals surface area contributed by atoms with E-state index in [2.05, 4.69) is 4.84 Å². The van der Waals surface area contributed by atoms with E-state index in [-0.39, 0.29) is 12.5 Å². The van der Waals surface area contributed by atoms with E-state index in [1.165, 1.54) is 6.92 Å². The summed E-state index contributed by atoms with van der Waals surface area (Å²) in [6.07, 6.45) is 0. The summed E-state index contributed by atoms with van der Waals surface area (Å²) in [5.41, 5.74) is 1.97. The molecule has 0 aliphatic rings. The lowest BCUT2D eigenvalue weighted by Gasteiger charge is -1.96. The maximum absolute atomic E-state index is 11.2. The third-order valence-corrected chi connectivity index (χ3v) is 0.395. The second kappa shape index (κ2) is 11.2. The van der Waals surface area contributed by atoms with Crippen molar-refractivity contribution >= 4 is 5.91 Å². The highest BCUT2D eigenvalue weighted by atomic mass is 19.1. The van der Waals surface area contributed by atoms with Crippen LogP contribution < -0.4 is 5.48 Å². The fourth-order valence-electron chi connectivity index (χ4n) is 0.191. The van der Waals surface area contributed by atoms with Gasteiger partial charge in [-0.05, 0) is 0 Å². The number of alkyl halides is 1. The predicted octanol–water partition coefficient (Wildman–Crippen LogP) is 1.05. The lowest BCUT2D eigenvalue weighted by atomic mass is 10.8. The number of hydroxylamine groups is 1. The van der Waals surface area contributed by atoms with Crippen molar-refractivity contribution in [1.82, 2.24) is 5.48 Å². The third-order valence-electron chi connectivity index (χ3n) is 0.395. The van der Waals surface area contributed by atoms with Gasteiger partial charge in [0.2, 0.25) is 5.91 Å². The van der Waals surface area contributed by atoms with E-state index < -0.39 is 6.67 Å². The van der Waals surface area contributed by atoms with Crippen molar-refractivity contribution in [3.8, 4) is 0 Å². The van der Waals surface area contributed by atoms with Gasteiger partial charge in [0.15, 0.2) is 0 Å². The molecule has 0 aromatic carbocycles. The van der Waals surface area contributed by atoms with Crippen LogP contribution in [0.4, 0.5) is 4.39 Å². The zero-order valence-corrected chi connectivity index (χ0v) is 6.61. The van der Waals surface area contributed by atoms with Crippen molar-refractivity contribution < 1.29 is 14.0 Å². The topological polar surface area (TPSA) is 38.3 Å². The molecule has 1 amide bonds. The highest BCUT2D eigenvalue weighted by Gasteiger charge is 1.86. The molecule has 0 bridgehead atoms. The largest absolute Gasteiger partial charge is 0.273 e. The van der Waals surface area contributed by atoms with Gasteiger partial charge in [-0.1, -0.05) is 13.8 Å². The smallest absolute Gasteiger partial charge is 0.240 e. The van der Waals surface area contributed by atoms with Crippen molar-refractivity contribution in [2.45, 2.75) is 20.8 Å². The number of nitrogens with one attached hydrogen (secondary N) is 1. The number of amides is 1. The summed E-state index contributed by atoms with van der Waals surface area (Å²) in [6, 6.07) is 0. The minimum Gasteiger partial charge on any atom is -0.273 e. The van der Waals surface area contributed by atoms with Gasteiger partial charge in [0.1, 0.15) is 13.3 Å². The van der Waals surface area contributed by atoms with Crippen molar-refractivity contribution in [2.75, 3.05) is 13.3 Å². The second-order valence-corrected chi connectivity index (χ2v) is 1.20. The molecule has 0 heterocycles. The van der Waals surface area contributed by atoms with Crippen molar-refractivity contribution in [1.29, 1.82) is 0 Å². The van der Waals surface area contributed by atoms with Crippen LogP contribution in [0.3, 0.4) is 0 Å². The minimum absolute atomic E-state index is 0.0837. The van der Waals surface area contributed by atoms with Crippen LogP contribution in [0.5, 0.6) is 0 Å². The van der Waals surface area contributed by atoms with Crippen molar-refractivity contribution in [3.05, 3.63) is 0 Å². The number of hydrogen-bond acceptors (Lipinski definition) is 2. The Morgan fingerprint density at radius 2 is 2.10 bits per heavy atom. The summed E-state index contributed by atoms with van der Waals surface area (Å²) in [5.74, 6) is -0.321. The van der Waals surface area contributed by atoms with E-state index in [0.29, 0.717) is 0 Å². The first-order chi connectivity index (χ1) is 4.77. The molecule has 0 radical (unpaired) electrons. The van der Waals surface area contributed by atoms with Gasteiger partial charge >= 0.3 is 0 Å². The maximum atomic E-state index is 11.2. The normalized spacial score (nSPS) is 7.60. The zero-order valence-electron chi connectivity index (χ0n) is 6.61. The van der Waals surface area contributed by atoms with E-state index in [1.54, 1.807) is 0 Å². The molecule has 3 nitrogen and oxygen atoms in total. The lowest BCUT2D eigenvalue weighted by Crippen LogP contribution is -2.21. The summed E-state index contributed by atoms with van der Waals surface area (Å²) in [6.45, 7) is 4.62. The Kier molecular flexibility index (Phi) is 13.5. The number of halogens is 1. The van der Waals surface area contributed by atoms with Gasteiger partial charge in [-0.15, -0.1) is 0 Å². The monoisotopic (exact) mass is 151 g/mol. The molecule has 0 aliphatic heterocycles. The Bertz CT molecular complexity index is 78.1. The number of carbonyl (C=O) groups is 1. The predicted molar refractivity (Wildman–Crippen MR) is 37.1 cm³/mol. The van der Waals surface area contributed by atoms with E-state index >= 15 is 0 Å². The molecular weight excluding hydrogens is 137 g/mol. The summed E-state index contributed by atoms with van der Waals surface area (Å²) in [5, 5.41) is 0. The van der Waals surface area contributed by atoms with Crippen LogP contribution in [-0.2, 0) is 9.63 Å². The van der Waals surface area contributed by atoms with E-state index in [9.17, 15) is 9.18 Å². The molecule has 0 fully saturated rings. The van der Waals surface area contributed by atoms with E-state index in [0.717, 1.165) is 0 Å². The van der Waals surface area contributed by atoms with Crippen molar-refractivity contribution in [2.24, 2.45) is 0 Å². The average Bonchev–Trinajstić information content (AvgIpc) is 1.92. The third kappa shape index (κ3) is 15.7. The van der Waals surface area contributed by atoms with Gasteiger partial charge in [0.05, 0.1) is 0 Å².